The summed E-state index contributed by atoms with van der Waals surface area (Å²) in [6.07, 6.45) is 6.56. The van der Waals surface area contributed by atoms with Crippen LogP contribution in [0.5, 0.6) is 0 Å². The van der Waals surface area contributed by atoms with Gasteiger partial charge in [0.25, 0.3) is 0 Å². The summed E-state index contributed by atoms with van der Waals surface area (Å²) in [6, 6.07) is 0.609. The largest absolute Gasteiger partial charge is 0.358 e. The van der Waals surface area contributed by atoms with Gasteiger partial charge in [0.1, 0.15) is 0 Å². The second kappa shape index (κ2) is 3.46. The number of hydrogen-bond acceptors (Lipinski definition) is 2. The molecule has 1 fully saturated rings. The number of hydrogen-bond donors (Lipinski definition) is 0. The van der Waals surface area contributed by atoms with Gasteiger partial charge in [-0.05, 0) is 19.3 Å². The fourth-order valence-corrected chi connectivity index (χ4v) is 2.12. The Balaban J connectivity index is 2.04. The summed E-state index contributed by atoms with van der Waals surface area (Å²) in [6.45, 7) is 4.70. The SMILES string of the molecule is CCC1CN2CCCCCC2=N1. The Morgan fingerprint density at radius 1 is 1.42 bits per heavy atom. The predicted octanol–water partition coefficient (Wildman–Crippen LogP) is 2.05. The van der Waals surface area contributed by atoms with Crippen molar-refractivity contribution < 1.29 is 0 Å². The molecule has 1 atom stereocenters. The van der Waals surface area contributed by atoms with Crippen molar-refractivity contribution in [3.05, 3.63) is 0 Å². The van der Waals surface area contributed by atoms with Crippen molar-refractivity contribution in [1.82, 2.24) is 4.90 Å². The lowest BCUT2D eigenvalue weighted by molar-refractivity contribution is 0.414. The first-order valence-electron chi connectivity index (χ1n) is 5.22. The quantitative estimate of drug-likeness (QED) is 0.582. The molecule has 0 saturated carbocycles. The fraction of sp³-hybridized carbons (Fsp3) is 0.900. The Kier molecular flexibility index (Phi) is 2.33. The molecule has 2 heteroatoms. The summed E-state index contributed by atoms with van der Waals surface area (Å²) in [7, 11) is 0. The van der Waals surface area contributed by atoms with E-state index in [-0.39, 0.29) is 0 Å². The second-order valence-electron chi connectivity index (χ2n) is 3.86. The highest BCUT2D eigenvalue weighted by Gasteiger charge is 2.24. The molecule has 0 N–H and O–H groups in total. The van der Waals surface area contributed by atoms with E-state index in [0.29, 0.717) is 6.04 Å². The molecule has 2 aliphatic heterocycles. The molecule has 1 unspecified atom stereocenters. The molecule has 1 saturated heterocycles. The van der Waals surface area contributed by atoms with Crippen LogP contribution in [0.15, 0.2) is 4.99 Å². The molecular weight excluding hydrogens is 148 g/mol. The lowest BCUT2D eigenvalue weighted by atomic mass is 10.2. The fourth-order valence-electron chi connectivity index (χ4n) is 2.12. The van der Waals surface area contributed by atoms with Gasteiger partial charge in [-0.2, -0.15) is 0 Å². The van der Waals surface area contributed by atoms with Crippen LogP contribution >= 0.6 is 0 Å². The van der Waals surface area contributed by atoms with Gasteiger partial charge in [0.15, 0.2) is 0 Å². The summed E-state index contributed by atoms with van der Waals surface area (Å²) in [5.41, 5.74) is 0. The Morgan fingerprint density at radius 3 is 3.17 bits per heavy atom. The minimum absolute atomic E-state index is 0.609. The number of nitrogens with zero attached hydrogens (tertiary/aromatic N) is 2. The number of amidine groups is 1. The van der Waals surface area contributed by atoms with Gasteiger partial charge in [0.2, 0.25) is 0 Å². The van der Waals surface area contributed by atoms with E-state index in [4.69, 9.17) is 4.99 Å². The van der Waals surface area contributed by atoms with Crippen LogP contribution in [0.3, 0.4) is 0 Å². The van der Waals surface area contributed by atoms with Gasteiger partial charge in [-0.15, -0.1) is 0 Å². The third-order valence-electron chi connectivity index (χ3n) is 2.93. The van der Waals surface area contributed by atoms with Crippen LogP contribution in [0, 0.1) is 0 Å². The Morgan fingerprint density at radius 2 is 2.33 bits per heavy atom. The highest BCUT2D eigenvalue weighted by molar-refractivity contribution is 5.84. The molecule has 0 radical (unpaired) electrons. The van der Waals surface area contributed by atoms with Crippen molar-refractivity contribution in [1.29, 1.82) is 0 Å². The van der Waals surface area contributed by atoms with E-state index >= 15 is 0 Å². The lowest BCUT2D eigenvalue weighted by Gasteiger charge is -2.17. The second-order valence-corrected chi connectivity index (χ2v) is 3.86. The minimum atomic E-state index is 0.609. The Hall–Kier alpha value is -0.530. The normalized spacial score (nSPS) is 29.6. The van der Waals surface area contributed by atoms with E-state index in [9.17, 15) is 0 Å². The van der Waals surface area contributed by atoms with E-state index in [1.165, 1.54) is 51.0 Å². The molecular formula is C10H18N2. The van der Waals surface area contributed by atoms with Gasteiger partial charge < -0.3 is 4.90 Å². The highest BCUT2D eigenvalue weighted by atomic mass is 15.2. The molecule has 0 bridgehead atoms. The van der Waals surface area contributed by atoms with Crippen LogP contribution in [0.25, 0.3) is 0 Å². The van der Waals surface area contributed by atoms with Crippen LogP contribution in [0.1, 0.15) is 39.0 Å². The molecule has 2 aliphatic rings. The van der Waals surface area contributed by atoms with E-state index < -0.39 is 0 Å². The molecule has 2 heterocycles. The number of aliphatic imine (C=N–C) groups is 1. The smallest absolute Gasteiger partial charge is 0.0993 e. The molecule has 0 amide bonds. The first kappa shape index (κ1) is 8.09. The van der Waals surface area contributed by atoms with Gasteiger partial charge in [-0.1, -0.05) is 13.3 Å². The number of fused-ring (bicyclic) bond motifs is 1. The summed E-state index contributed by atoms with van der Waals surface area (Å²) in [5.74, 6) is 1.40. The topological polar surface area (TPSA) is 15.6 Å². The molecule has 12 heavy (non-hydrogen) atoms. The predicted molar refractivity (Wildman–Crippen MR) is 51.6 cm³/mol. The first-order valence-corrected chi connectivity index (χ1v) is 5.22. The highest BCUT2D eigenvalue weighted by Crippen LogP contribution is 2.20. The third kappa shape index (κ3) is 1.47. The van der Waals surface area contributed by atoms with Crippen molar-refractivity contribution in [2.45, 2.75) is 45.1 Å². The maximum absolute atomic E-state index is 4.73. The minimum Gasteiger partial charge on any atom is -0.358 e. The molecule has 0 spiro atoms. The van der Waals surface area contributed by atoms with Crippen molar-refractivity contribution in [3.63, 3.8) is 0 Å². The monoisotopic (exact) mass is 166 g/mol. The average molecular weight is 166 g/mol. The Labute approximate surface area is 74.7 Å². The summed E-state index contributed by atoms with van der Waals surface area (Å²) >= 11 is 0. The van der Waals surface area contributed by atoms with Gasteiger partial charge in [-0.3, -0.25) is 4.99 Å². The molecule has 0 aromatic carbocycles. The van der Waals surface area contributed by atoms with Crippen LogP contribution in [-0.4, -0.2) is 29.9 Å². The molecule has 0 aromatic heterocycles. The molecule has 0 aliphatic carbocycles. The zero-order valence-electron chi connectivity index (χ0n) is 7.92. The summed E-state index contributed by atoms with van der Waals surface area (Å²) in [4.78, 5) is 7.23. The van der Waals surface area contributed by atoms with E-state index in [0.717, 1.165) is 0 Å². The standard InChI is InChI=1S/C10H18N2/c1-2-9-8-12-7-5-3-4-6-10(12)11-9/h9H,2-8H2,1H3. The van der Waals surface area contributed by atoms with Gasteiger partial charge in [0.05, 0.1) is 11.9 Å². The van der Waals surface area contributed by atoms with E-state index in [1.54, 1.807) is 0 Å². The lowest BCUT2D eigenvalue weighted by Crippen LogP contribution is -2.28. The van der Waals surface area contributed by atoms with Gasteiger partial charge >= 0.3 is 0 Å². The maximum Gasteiger partial charge on any atom is 0.0993 e. The summed E-state index contributed by atoms with van der Waals surface area (Å²) < 4.78 is 0. The molecule has 2 nitrogen and oxygen atoms in total. The Bertz CT molecular complexity index is 186. The van der Waals surface area contributed by atoms with Crippen LogP contribution in [0.4, 0.5) is 0 Å². The van der Waals surface area contributed by atoms with Crippen molar-refractivity contribution in [2.24, 2.45) is 4.99 Å². The first-order chi connectivity index (χ1) is 5.90. The molecule has 0 aromatic rings. The van der Waals surface area contributed by atoms with Crippen LogP contribution < -0.4 is 0 Å². The third-order valence-corrected chi connectivity index (χ3v) is 2.93. The molecule has 68 valence electrons. The van der Waals surface area contributed by atoms with Gasteiger partial charge in [0, 0.05) is 19.5 Å². The summed E-state index contributed by atoms with van der Waals surface area (Å²) in [5, 5.41) is 0. The van der Waals surface area contributed by atoms with Crippen molar-refractivity contribution in [3.8, 4) is 0 Å². The zero-order chi connectivity index (χ0) is 8.39. The van der Waals surface area contributed by atoms with Crippen LogP contribution in [0.2, 0.25) is 0 Å². The van der Waals surface area contributed by atoms with E-state index in [2.05, 4.69) is 11.8 Å². The average Bonchev–Trinajstić information content (AvgIpc) is 2.37. The van der Waals surface area contributed by atoms with Crippen molar-refractivity contribution in [2.75, 3.05) is 13.1 Å². The van der Waals surface area contributed by atoms with Crippen molar-refractivity contribution >= 4 is 5.84 Å². The molecule has 2 rings (SSSR count). The maximum atomic E-state index is 4.73. The van der Waals surface area contributed by atoms with Gasteiger partial charge in [-0.25, -0.2) is 0 Å². The number of rotatable bonds is 1. The van der Waals surface area contributed by atoms with E-state index in [1.807, 2.05) is 0 Å². The zero-order valence-corrected chi connectivity index (χ0v) is 7.92. The van der Waals surface area contributed by atoms with Crippen LogP contribution in [-0.2, 0) is 0 Å².